The van der Waals surface area contributed by atoms with Gasteiger partial charge in [-0.15, -0.1) is 0 Å². The number of nitrogens with zero attached hydrogens (tertiary/aromatic N) is 3. The lowest BCUT2D eigenvalue weighted by atomic mass is 10.1. The van der Waals surface area contributed by atoms with Crippen LogP contribution in [-0.2, 0) is 6.54 Å². The molecule has 21 heavy (non-hydrogen) atoms. The number of aromatic nitrogens is 2. The molecule has 0 saturated carbocycles. The first-order valence-corrected chi connectivity index (χ1v) is 6.49. The van der Waals surface area contributed by atoms with Crippen molar-refractivity contribution in [2.24, 2.45) is 0 Å². The zero-order chi connectivity index (χ0) is 14.8. The molecule has 5 nitrogen and oxygen atoms in total. The van der Waals surface area contributed by atoms with Crippen molar-refractivity contribution in [1.82, 2.24) is 9.55 Å². The normalized spacial score (nSPS) is 10.5. The number of rotatable bonds is 3. The van der Waals surface area contributed by atoms with E-state index >= 15 is 0 Å². The van der Waals surface area contributed by atoms with Crippen molar-refractivity contribution in [3.05, 3.63) is 53.9 Å². The maximum absolute atomic E-state index is 9.05. The third-order valence-electron chi connectivity index (χ3n) is 3.42. The topological polar surface area (TPSA) is 76.9 Å². The van der Waals surface area contributed by atoms with E-state index in [2.05, 4.69) is 11.1 Å². The zero-order valence-electron chi connectivity index (χ0n) is 11.6. The molecule has 0 radical (unpaired) electrons. The molecule has 2 N–H and O–H groups in total. The van der Waals surface area contributed by atoms with Crippen molar-refractivity contribution in [1.29, 1.82) is 5.26 Å². The number of nitrogens with two attached hydrogens (primary N) is 1. The number of nitriles is 1. The Morgan fingerprint density at radius 1 is 1.33 bits per heavy atom. The van der Waals surface area contributed by atoms with E-state index in [1.165, 1.54) is 0 Å². The van der Waals surface area contributed by atoms with Gasteiger partial charge in [-0.25, -0.2) is 4.98 Å². The fourth-order valence-corrected chi connectivity index (χ4v) is 2.30. The molecule has 0 atom stereocenters. The quantitative estimate of drug-likeness (QED) is 0.798. The van der Waals surface area contributed by atoms with E-state index in [0.29, 0.717) is 18.1 Å². The predicted molar refractivity (Wildman–Crippen MR) is 81.0 cm³/mol. The minimum Gasteiger partial charge on any atom is -0.497 e. The lowest BCUT2D eigenvalue weighted by molar-refractivity contribution is 0.415. The molecule has 0 bridgehead atoms. The minimum atomic E-state index is 0.466. The van der Waals surface area contributed by atoms with E-state index in [-0.39, 0.29) is 0 Å². The smallest absolute Gasteiger partial charge is 0.129 e. The van der Waals surface area contributed by atoms with Crippen molar-refractivity contribution in [2.75, 3.05) is 12.8 Å². The SMILES string of the molecule is COc1ccc2cc(Cn3cccc3C#N)c(N)nc2c1. The van der Waals surface area contributed by atoms with E-state index in [9.17, 15) is 0 Å². The summed E-state index contributed by atoms with van der Waals surface area (Å²) < 4.78 is 7.04. The van der Waals surface area contributed by atoms with Crippen LogP contribution in [0.2, 0.25) is 0 Å². The summed E-state index contributed by atoms with van der Waals surface area (Å²) in [4.78, 5) is 4.42. The van der Waals surface area contributed by atoms with Crippen LogP contribution < -0.4 is 10.5 Å². The molecule has 3 rings (SSSR count). The van der Waals surface area contributed by atoms with Gasteiger partial charge in [-0.3, -0.25) is 0 Å². The first-order chi connectivity index (χ1) is 10.2. The van der Waals surface area contributed by atoms with Crippen molar-refractivity contribution >= 4 is 16.7 Å². The number of ether oxygens (including phenoxy) is 1. The molecule has 0 saturated heterocycles. The van der Waals surface area contributed by atoms with Crippen LogP contribution in [0.1, 0.15) is 11.3 Å². The van der Waals surface area contributed by atoms with Gasteiger partial charge in [0, 0.05) is 23.2 Å². The second-order valence-electron chi connectivity index (χ2n) is 4.72. The maximum Gasteiger partial charge on any atom is 0.129 e. The van der Waals surface area contributed by atoms with Crippen LogP contribution in [0.15, 0.2) is 42.6 Å². The third-order valence-corrected chi connectivity index (χ3v) is 3.42. The molecule has 3 aromatic rings. The molecule has 1 aromatic carbocycles. The van der Waals surface area contributed by atoms with Gasteiger partial charge >= 0.3 is 0 Å². The van der Waals surface area contributed by atoms with Gasteiger partial charge in [-0.05, 0) is 30.3 Å². The van der Waals surface area contributed by atoms with Crippen LogP contribution in [0.3, 0.4) is 0 Å². The highest BCUT2D eigenvalue weighted by Crippen LogP contribution is 2.23. The number of hydrogen-bond donors (Lipinski definition) is 1. The molecule has 0 fully saturated rings. The van der Waals surface area contributed by atoms with Gasteiger partial charge in [0.25, 0.3) is 0 Å². The molecular weight excluding hydrogens is 264 g/mol. The van der Waals surface area contributed by atoms with Crippen LogP contribution in [0.4, 0.5) is 5.82 Å². The summed E-state index contributed by atoms with van der Waals surface area (Å²) in [5, 5.41) is 10.0. The van der Waals surface area contributed by atoms with Crippen LogP contribution in [-0.4, -0.2) is 16.7 Å². The van der Waals surface area contributed by atoms with Gasteiger partial charge in [-0.2, -0.15) is 5.26 Å². The maximum atomic E-state index is 9.05. The van der Waals surface area contributed by atoms with Crippen molar-refractivity contribution < 1.29 is 4.74 Å². The van der Waals surface area contributed by atoms with Crippen LogP contribution in [0.25, 0.3) is 10.9 Å². The molecular formula is C16H14N4O. The molecule has 0 aliphatic rings. The zero-order valence-corrected chi connectivity index (χ0v) is 11.6. The number of nitrogen functional groups attached to an aromatic ring is 1. The van der Waals surface area contributed by atoms with Gasteiger partial charge in [-0.1, -0.05) is 0 Å². The third kappa shape index (κ3) is 2.39. The van der Waals surface area contributed by atoms with E-state index in [1.807, 2.05) is 41.1 Å². The Balaban J connectivity index is 2.03. The number of fused-ring (bicyclic) bond motifs is 1. The molecule has 0 aliphatic heterocycles. The Labute approximate surface area is 122 Å². The number of benzene rings is 1. The highest BCUT2D eigenvalue weighted by atomic mass is 16.5. The largest absolute Gasteiger partial charge is 0.497 e. The summed E-state index contributed by atoms with van der Waals surface area (Å²) in [6.07, 6.45) is 1.86. The first-order valence-electron chi connectivity index (χ1n) is 6.49. The van der Waals surface area contributed by atoms with E-state index < -0.39 is 0 Å². The Bertz CT molecular complexity index is 845. The Hall–Kier alpha value is -3.00. The lowest BCUT2D eigenvalue weighted by Gasteiger charge is -2.10. The second kappa shape index (κ2) is 5.17. The Kier molecular flexibility index (Phi) is 3.20. The van der Waals surface area contributed by atoms with Gasteiger partial charge in [0.1, 0.15) is 23.3 Å². The summed E-state index contributed by atoms with van der Waals surface area (Å²) in [6.45, 7) is 0.524. The summed E-state index contributed by atoms with van der Waals surface area (Å²) >= 11 is 0. The highest BCUT2D eigenvalue weighted by Gasteiger charge is 2.08. The minimum absolute atomic E-state index is 0.466. The number of hydrogen-bond acceptors (Lipinski definition) is 4. The molecule has 5 heteroatoms. The molecule has 104 valence electrons. The average molecular weight is 278 g/mol. The van der Waals surface area contributed by atoms with Crippen molar-refractivity contribution in [2.45, 2.75) is 6.54 Å². The van der Waals surface area contributed by atoms with Gasteiger partial charge in [0.05, 0.1) is 19.2 Å². The van der Waals surface area contributed by atoms with Crippen LogP contribution >= 0.6 is 0 Å². The van der Waals surface area contributed by atoms with E-state index in [4.69, 9.17) is 15.7 Å². The Morgan fingerprint density at radius 2 is 2.19 bits per heavy atom. The molecule has 0 spiro atoms. The molecule has 2 aromatic heterocycles. The number of pyridine rings is 1. The lowest BCUT2D eigenvalue weighted by Crippen LogP contribution is -2.05. The van der Waals surface area contributed by atoms with E-state index in [1.54, 1.807) is 13.2 Å². The summed E-state index contributed by atoms with van der Waals surface area (Å²) in [5.74, 6) is 1.22. The second-order valence-corrected chi connectivity index (χ2v) is 4.72. The first kappa shape index (κ1) is 13.0. The van der Waals surface area contributed by atoms with Gasteiger partial charge in [0.2, 0.25) is 0 Å². The number of anilines is 1. The van der Waals surface area contributed by atoms with Gasteiger partial charge < -0.3 is 15.0 Å². The molecule has 2 heterocycles. The van der Waals surface area contributed by atoms with Crippen molar-refractivity contribution in [3.8, 4) is 11.8 Å². The molecule has 0 amide bonds. The summed E-state index contributed by atoms with van der Waals surface area (Å²) in [6, 6.07) is 13.5. The molecule has 0 aliphatic carbocycles. The van der Waals surface area contributed by atoms with Gasteiger partial charge in [0.15, 0.2) is 0 Å². The number of methoxy groups -OCH3 is 1. The standard InChI is InChI=1S/C16H14N4O/c1-21-14-5-4-11-7-12(16(18)19-15(11)8-14)10-20-6-2-3-13(20)9-17/h2-8H,10H2,1H3,(H2,18,19). The monoisotopic (exact) mass is 278 g/mol. The van der Waals surface area contributed by atoms with E-state index in [0.717, 1.165) is 22.2 Å². The Morgan fingerprint density at radius 3 is 2.95 bits per heavy atom. The van der Waals surface area contributed by atoms with Crippen molar-refractivity contribution in [3.63, 3.8) is 0 Å². The van der Waals surface area contributed by atoms with Crippen LogP contribution in [0, 0.1) is 11.3 Å². The molecule has 0 unspecified atom stereocenters. The van der Waals surface area contributed by atoms with Crippen LogP contribution in [0.5, 0.6) is 5.75 Å². The summed E-state index contributed by atoms with van der Waals surface area (Å²) in [7, 11) is 1.62. The fraction of sp³-hybridized carbons (Fsp3) is 0.125. The predicted octanol–water partition coefficient (Wildman–Crippen LogP) is 2.55. The fourth-order valence-electron chi connectivity index (χ4n) is 2.30. The summed E-state index contributed by atoms with van der Waals surface area (Å²) in [5.41, 5.74) is 8.32. The average Bonchev–Trinajstić information content (AvgIpc) is 2.94. The highest BCUT2D eigenvalue weighted by molar-refractivity contribution is 5.82.